The van der Waals surface area contributed by atoms with Crippen LogP contribution in [-0.2, 0) is 16.1 Å². The van der Waals surface area contributed by atoms with Gasteiger partial charge in [0.05, 0.1) is 18.2 Å². The summed E-state index contributed by atoms with van der Waals surface area (Å²) in [5, 5.41) is 10.0. The van der Waals surface area contributed by atoms with Crippen LogP contribution in [0.4, 0.5) is 5.82 Å². The number of methoxy groups -OCH3 is 1. The van der Waals surface area contributed by atoms with Crippen molar-refractivity contribution in [3.8, 4) is 11.1 Å². The number of rotatable bonds is 6. The van der Waals surface area contributed by atoms with Crippen LogP contribution in [0, 0.1) is 6.92 Å². The minimum absolute atomic E-state index is 0.0419. The molecule has 27 heavy (non-hydrogen) atoms. The SMILES string of the molecule is COC(=O)/C=C/c1c(-c2ccc(C)cc2)c2c(N)ncnc2n1CCCO. The van der Waals surface area contributed by atoms with E-state index in [1.54, 1.807) is 6.08 Å². The summed E-state index contributed by atoms with van der Waals surface area (Å²) in [5.74, 6) is -0.0890. The fraction of sp³-hybridized carbons (Fsp3) is 0.250. The number of aliphatic hydroxyl groups is 1. The molecule has 0 saturated carbocycles. The maximum atomic E-state index is 11.7. The third kappa shape index (κ3) is 3.68. The van der Waals surface area contributed by atoms with Gasteiger partial charge < -0.3 is 20.1 Å². The molecule has 2 heterocycles. The predicted molar refractivity (Wildman–Crippen MR) is 105 cm³/mol. The number of fused-ring (bicyclic) bond motifs is 1. The number of benzene rings is 1. The number of hydrogen-bond donors (Lipinski definition) is 2. The van der Waals surface area contributed by atoms with Crippen molar-refractivity contribution >= 4 is 28.9 Å². The number of hydrogen-bond acceptors (Lipinski definition) is 6. The summed E-state index contributed by atoms with van der Waals surface area (Å²) in [6.45, 7) is 2.58. The molecule has 0 radical (unpaired) electrons. The Morgan fingerprint density at radius 3 is 2.70 bits per heavy atom. The van der Waals surface area contributed by atoms with Crippen molar-refractivity contribution in [2.45, 2.75) is 19.9 Å². The normalized spacial score (nSPS) is 11.4. The van der Waals surface area contributed by atoms with E-state index in [4.69, 9.17) is 10.5 Å². The summed E-state index contributed by atoms with van der Waals surface area (Å²) in [6.07, 6.45) is 5.02. The maximum Gasteiger partial charge on any atom is 0.330 e. The Bertz CT molecular complexity index is 991. The number of esters is 1. The molecular formula is C20H22N4O3. The van der Waals surface area contributed by atoms with Crippen LogP contribution in [0.1, 0.15) is 17.7 Å². The first-order valence-electron chi connectivity index (χ1n) is 8.63. The van der Waals surface area contributed by atoms with E-state index in [9.17, 15) is 9.90 Å². The summed E-state index contributed by atoms with van der Waals surface area (Å²) in [6, 6.07) is 8.03. The van der Waals surface area contributed by atoms with Gasteiger partial charge in [-0.2, -0.15) is 0 Å². The third-order valence-electron chi connectivity index (χ3n) is 4.37. The number of ether oxygens (including phenoxy) is 1. The molecule has 140 valence electrons. The highest BCUT2D eigenvalue weighted by Gasteiger charge is 2.20. The fourth-order valence-corrected chi connectivity index (χ4v) is 3.07. The number of aromatic nitrogens is 3. The molecule has 0 aliphatic heterocycles. The predicted octanol–water partition coefficient (Wildman–Crippen LogP) is 2.56. The molecule has 0 aliphatic rings. The lowest BCUT2D eigenvalue weighted by atomic mass is 10.0. The molecule has 3 N–H and O–H groups in total. The van der Waals surface area contributed by atoms with E-state index in [2.05, 4.69) is 9.97 Å². The number of nitrogens with zero attached hydrogens (tertiary/aromatic N) is 3. The van der Waals surface area contributed by atoms with Gasteiger partial charge in [0.15, 0.2) is 0 Å². The first-order chi connectivity index (χ1) is 13.1. The van der Waals surface area contributed by atoms with Gasteiger partial charge in [0.1, 0.15) is 17.8 Å². The first kappa shape index (κ1) is 18.6. The summed E-state index contributed by atoms with van der Waals surface area (Å²) in [7, 11) is 1.33. The van der Waals surface area contributed by atoms with Gasteiger partial charge in [0, 0.05) is 24.8 Å². The second-order valence-corrected chi connectivity index (χ2v) is 6.17. The number of carbonyl (C=O) groups excluding carboxylic acids is 1. The average Bonchev–Trinajstić information content (AvgIpc) is 2.99. The van der Waals surface area contributed by atoms with Crippen molar-refractivity contribution in [2.75, 3.05) is 19.5 Å². The van der Waals surface area contributed by atoms with Crippen LogP contribution in [0.3, 0.4) is 0 Å². The van der Waals surface area contributed by atoms with Gasteiger partial charge in [-0.3, -0.25) is 0 Å². The second-order valence-electron chi connectivity index (χ2n) is 6.17. The van der Waals surface area contributed by atoms with Gasteiger partial charge in [0.25, 0.3) is 0 Å². The Labute approximate surface area is 157 Å². The standard InChI is InChI=1S/C20H22N4O3/c1-13-4-6-14(7-5-13)17-15(8-9-16(26)27-2)24(10-3-11-25)20-18(17)19(21)22-12-23-20/h4-9,12,25H,3,10-11H2,1-2H3,(H2,21,22,23)/b9-8+. The Hall–Kier alpha value is -3.19. The van der Waals surface area contributed by atoms with Gasteiger partial charge in [-0.25, -0.2) is 14.8 Å². The quantitative estimate of drug-likeness (QED) is 0.513. The zero-order chi connectivity index (χ0) is 19.4. The Kier molecular flexibility index (Phi) is 5.52. The van der Waals surface area contributed by atoms with Crippen molar-refractivity contribution in [1.29, 1.82) is 0 Å². The molecule has 3 rings (SSSR count). The smallest absolute Gasteiger partial charge is 0.330 e. The largest absolute Gasteiger partial charge is 0.466 e. The maximum absolute atomic E-state index is 11.7. The molecule has 0 unspecified atom stereocenters. The Morgan fingerprint density at radius 2 is 2.04 bits per heavy atom. The van der Waals surface area contributed by atoms with Crippen molar-refractivity contribution < 1.29 is 14.6 Å². The van der Waals surface area contributed by atoms with Gasteiger partial charge in [-0.05, 0) is 25.0 Å². The monoisotopic (exact) mass is 366 g/mol. The van der Waals surface area contributed by atoms with Crippen molar-refractivity contribution in [1.82, 2.24) is 14.5 Å². The molecule has 3 aromatic rings. The summed E-state index contributed by atoms with van der Waals surface area (Å²) in [4.78, 5) is 20.2. The van der Waals surface area contributed by atoms with Crippen molar-refractivity contribution in [3.05, 3.63) is 47.9 Å². The lowest BCUT2D eigenvalue weighted by molar-refractivity contribution is -0.134. The van der Waals surface area contributed by atoms with E-state index in [1.807, 2.05) is 35.8 Å². The van der Waals surface area contributed by atoms with Crippen LogP contribution in [0.15, 0.2) is 36.7 Å². The topological polar surface area (TPSA) is 103 Å². The minimum Gasteiger partial charge on any atom is -0.466 e. The molecular weight excluding hydrogens is 344 g/mol. The number of nitrogens with two attached hydrogens (primary N) is 1. The Balaban J connectivity index is 2.33. The molecule has 7 heteroatoms. The molecule has 0 amide bonds. The lowest BCUT2D eigenvalue weighted by Gasteiger charge is -2.08. The summed E-state index contributed by atoms with van der Waals surface area (Å²) >= 11 is 0. The minimum atomic E-state index is -0.456. The summed E-state index contributed by atoms with van der Waals surface area (Å²) < 4.78 is 6.67. The number of carbonyl (C=O) groups is 1. The van der Waals surface area contributed by atoms with E-state index in [1.165, 1.54) is 19.5 Å². The third-order valence-corrected chi connectivity index (χ3v) is 4.37. The van der Waals surface area contributed by atoms with Crippen LogP contribution in [0.5, 0.6) is 0 Å². The zero-order valence-corrected chi connectivity index (χ0v) is 15.3. The molecule has 0 saturated heterocycles. The number of aryl methyl sites for hydroxylation is 2. The number of nitrogen functional groups attached to an aromatic ring is 1. The molecule has 1 aromatic carbocycles. The van der Waals surface area contributed by atoms with Crippen LogP contribution in [0.25, 0.3) is 28.2 Å². The van der Waals surface area contributed by atoms with E-state index >= 15 is 0 Å². The van der Waals surface area contributed by atoms with E-state index in [0.717, 1.165) is 27.8 Å². The lowest BCUT2D eigenvalue weighted by Crippen LogP contribution is -2.04. The van der Waals surface area contributed by atoms with E-state index < -0.39 is 5.97 Å². The average molecular weight is 366 g/mol. The van der Waals surface area contributed by atoms with Crippen LogP contribution < -0.4 is 5.73 Å². The number of anilines is 1. The van der Waals surface area contributed by atoms with E-state index in [0.29, 0.717) is 24.4 Å². The zero-order valence-electron chi connectivity index (χ0n) is 15.3. The van der Waals surface area contributed by atoms with Gasteiger partial charge in [-0.1, -0.05) is 29.8 Å². The van der Waals surface area contributed by atoms with E-state index in [-0.39, 0.29) is 6.61 Å². The molecule has 0 spiro atoms. The first-order valence-corrected chi connectivity index (χ1v) is 8.63. The fourth-order valence-electron chi connectivity index (χ4n) is 3.07. The molecule has 7 nitrogen and oxygen atoms in total. The second kappa shape index (κ2) is 8.01. The van der Waals surface area contributed by atoms with Crippen molar-refractivity contribution in [3.63, 3.8) is 0 Å². The van der Waals surface area contributed by atoms with Crippen LogP contribution >= 0.6 is 0 Å². The molecule has 0 fully saturated rings. The number of aliphatic hydroxyl groups excluding tert-OH is 1. The molecule has 2 aromatic heterocycles. The molecule has 0 bridgehead atoms. The van der Waals surface area contributed by atoms with Gasteiger partial charge >= 0.3 is 5.97 Å². The Morgan fingerprint density at radius 1 is 1.30 bits per heavy atom. The van der Waals surface area contributed by atoms with Crippen LogP contribution in [-0.4, -0.2) is 39.3 Å². The highest BCUT2D eigenvalue weighted by atomic mass is 16.5. The highest BCUT2D eigenvalue weighted by Crippen LogP contribution is 2.37. The summed E-state index contributed by atoms with van der Waals surface area (Å²) in [5.41, 5.74) is 10.5. The molecule has 0 atom stereocenters. The van der Waals surface area contributed by atoms with Gasteiger partial charge in [0.2, 0.25) is 0 Å². The highest BCUT2D eigenvalue weighted by molar-refractivity contribution is 6.05. The molecule has 0 aliphatic carbocycles. The van der Waals surface area contributed by atoms with Crippen molar-refractivity contribution in [2.24, 2.45) is 0 Å². The van der Waals surface area contributed by atoms with Crippen LogP contribution in [0.2, 0.25) is 0 Å². The van der Waals surface area contributed by atoms with Gasteiger partial charge in [-0.15, -0.1) is 0 Å².